The molecule has 146 valence electrons. The Morgan fingerprint density at radius 3 is 2.41 bits per heavy atom. The lowest BCUT2D eigenvalue weighted by Gasteiger charge is -2.15. The number of benzene rings is 1. The zero-order valence-electron chi connectivity index (χ0n) is 15.3. The second kappa shape index (κ2) is 10.1. The van der Waals surface area contributed by atoms with Crippen molar-refractivity contribution in [3.63, 3.8) is 0 Å². The van der Waals surface area contributed by atoms with E-state index in [0.717, 1.165) is 6.42 Å². The number of aliphatic hydroxyl groups excluding tert-OH is 3. The van der Waals surface area contributed by atoms with E-state index >= 15 is 0 Å². The SMILES string of the molecule is CCC[C@@H](O)c1nc2ccccc2nc1/C=C/[C@@H](O)[C@@H](O)CCCC(=O)O. The summed E-state index contributed by atoms with van der Waals surface area (Å²) in [6.07, 6.45) is 1.63. The summed E-state index contributed by atoms with van der Waals surface area (Å²) in [5.74, 6) is -0.937. The van der Waals surface area contributed by atoms with Gasteiger partial charge in [-0.3, -0.25) is 4.79 Å². The predicted octanol–water partition coefficient (Wildman–Crippen LogP) is 2.45. The molecule has 2 rings (SSSR count). The molecule has 7 heteroatoms. The largest absolute Gasteiger partial charge is 0.481 e. The van der Waals surface area contributed by atoms with Gasteiger partial charge < -0.3 is 20.4 Å². The van der Waals surface area contributed by atoms with Crippen LogP contribution in [0.25, 0.3) is 17.1 Å². The number of fused-ring (bicyclic) bond motifs is 1. The fourth-order valence-electron chi connectivity index (χ4n) is 2.76. The van der Waals surface area contributed by atoms with Crippen LogP contribution in [-0.2, 0) is 4.79 Å². The summed E-state index contributed by atoms with van der Waals surface area (Å²) in [4.78, 5) is 19.6. The number of hydrogen-bond acceptors (Lipinski definition) is 6. The van der Waals surface area contributed by atoms with Crippen molar-refractivity contribution in [3.8, 4) is 0 Å². The Kier molecular flexibility index (Phi) is 7.84. The highest BCUT2D eigenvalue weighted by Crippen LogP contribution is 2.23. The Morgan fingerprint density at radius 2 is 1.78 bits per heavy atom. The molecule has 27 heavy (non-hydrogen) atoms. The van der Waals surface area contributed by atoms with Gasteiger partial charge in [-0.15, -0.1) is 0 Å². The van der Waals surface area contributed by atoms with Crippen molar-refractivity contribution in [2.75, 3.05) is 0 Å². The Hall–Kier alpha value is -2.35. The van der Waals surface area contributed by atoms with Crippen molar-refractivity contribution >= 4 is 23.1 Å². The van der Waals surface area contributed by atoms with Crippen LogP contribution in [-0.4, -0.2) is 48.6 Å². The normalized spacial score (nSPS) is 15.1. The highest BCUT2D eigenvalue weighted by atomic mass is 16.4. The lowest BCUT2D eigenvalue weighted by atomic mass is 10.0. The zero-order valence-corrected chi connectivity index (χ0v) is 15.3. The molecule has 1 aromatic carbocycles. The minimum atomic E-state index is -1.16. The van der Waals surface area contributed by atoms with Crippen molar-refractivity contribution in [1.82, 2.24) is 9.97 Å². The molecule has 0 bridgehead atoms. The maximum absolute atomic E-state index is 10.5. The minimum absolute atomic E-state index is 0.0585. The number of aromatic nitrogens is 2. The molecule has 0 aliphatic rings. The molecule has 0 fully saturated rings. The number of carboxylic acid groups (broad SMARTS) is 1. The monoisotopic (exact) mass is 374 g/mol. The van der Waals surface area contributed by atoms with E-state index in [1.165, 1.54) is 6.08 Å². The molecule has 7 nitrogen and oxygen atoms in total. The topological polar surface area (TPSA) is 124 Å². The lowest BCUT2D eigenvalue weighted by Crippen LogP contribution is -2.23. The summed E-state index contributed by atoms with van der Waals surface area (Å²) in [5, 5.41) is 39.1. The Labute approximate surface area is 158 Å². The maximum Gasteiger partial charge on any atom is 0.303 e. The highest BCUT2D eigenvalue weighted by Gasteiger charge is 2.17. The van der Waals surface area contributed by atoms with Crippen LogP contribution in [0.3, 0.4) is 0 Å². The third-order valence-electron chi connectivity index (χ3n) is 4.24. The molecule has 4 N–H and O–H groups in total. The molecule has 0 unspecified atom stereocenters. The average molecular weight is 374 g/mol. The zero-order chi connectivity index (χ0) is 19.8. The minimum Gasteiger partial charge on any atom is -0.481 e. The summed E-state index contributed by atoms with van der Waals surface area (Å²) < 4.78 is 0. The Bertz CT molecular complexity index is 793. The van der Waals surface area contributed by atoms with Gasteiger partial charge in [0.15, 0.2) is 0 Å². The van der Waals surface area contributed by atoms with Gasteiger partial charge >= 0.3 is 5.97 Å². The number of para-hydroxylation sites is 2. The van der Waals surface area contributed by atoms with Gasteiger partial charge in [-0.2, -0.15) is 0 Å². The fraction of sp³-hybridized carbons (Fsp3) is 0.450. The van der Waals surface area contributed by atoms with Gasteiger partial charge in [0.05, 0.1) is 40.7 Å². The van der Waals surface area contributed by atoms with Gasteiger partial charge in [-0.05, 0) is 37.5 Å². The summed E-state index contributed by atoms with van der Waals surface area (Å²) in [6.45, 7) is 1.96. The number of nitrogens with zero attached hydrogens (tertiary/aromatic N) is 2. The lowest BCUT2D eigenvalue weighted by molar-refractivity contribution is -0.137. The van der Waals surface area contributed by atoms with E-state index in [4.69, 9.17) is 5.11 Å². The van der Waals surface area contributed by atoms with Gasteiger partial charge in [0, 0.05) is 6.42 Å². The van der Waals surface area contributed by atoms with E-state index in [1.807, 2.05) is 31.2 Å². The van der Waals surface area contributed by atoms with Gasteiger partial charge in [-0.25, -0.2) is 9.97 Å². The second-order valence-corrected chi connectivity index (χ2v) is 6.49. The molecule has 0 saturated heterocycles. The first-order chi connectivity index (χ1) is 12.9. The van der Waals surface area contributed by atoms with Crippen molar-refractivity contribution in [1.29, 1.82) is 0 Å². The maximum atomic E-state index is 10.5. The third kappa shape index (κ3) is 6.09. The van der Waals surface area contributed by atoms with Gasteiger partial charge in [0.25, 0.3) is 0 Å². The fourth-order valence-corrected chi connectivity index (χ4v) is 2.76. The first-order valence-corrected chi connectivity index (χ1v) is 9.13. The first-order valence-electron chi connectivity index (χ1n) is 9.13. The number of aliphatic carboxylic acids is 1. The summed E-state index contributed by atoms with van der Waals surface area (Å²) >= 11 is 0. The van der Waals surface area contributed by atoms with Crippen molar-refractivity contribution in [3.05, 3.63) is 41.7 Å². The molecule has 3 atom stereocenters. The van der Waals surface area contributed by atoms with E-state index in [0.29, 0.717) is 28.8 Å². The molecule has 1 aromatic heterocycles. The van der Waals surface area contributed by atoms with Gasteiger partial charge in [-0.1, -0.05) is 31.6 Å². The highest BCUT2D eigenvalue weighted by molar-refractivity contribution is 5.75. The molecule has 1 heterocycles. The molecule has 0 aliphatic carbocycles. The van der Waals surface area contributed by atoms with Crippen LogP contribution >= 0.6 is 0 Å². The van der Waals surface area contributed by atoms with Crippen molar-refractivity contribution < 1.29 is 25.2 Å². The number of hydrogen-bond donors (Lipinski definition) is 4. The van der Waals surface area contributed by atoms with E-state index in [9.17, 15) is 20.1 Å². The molecule has 0 spiro atoms. The van der Waals surface area contributed by atoms with Gasteiger partial charge in [0.2, 0.25) is 0 Å². The van der Waals surface area contributed by atoms with Crippen molar-refractivity contribution in [2.24, 2.45) is 0 Å². The van der Waals surface area contributed by atoms with Crippen LogP contribution in [0.4, 0.5) is 0 Å². The molecule has 0 radical (unpaired) electrons. The van der Waals surface area contributed by atoms with Crippen LogP contribution in [0.5, 0.6) is 0 Å². The second-order valence-electron chi connectivity index (χ2n) is 6.49. The van der Waals surface area contributed by atoms with Crippen LogP contribution in [0.15, 0.2) is 30.3 Å². The molecular formula is C20H26N2O5. The van der Waals surface area contributed by atoms with Crippen LogP contribution in [0.1, 0.15) is 56.5 Å². The number of carbonyl (C=O) groups is 1. The molecule has 2 aromatic rings. The Balaban J connectivity index is 2.20. The van der Waals surface area contributed by atoms with Crippen LogP contribution < -0.4 is 0 Å². The molecule has 0 saturated carbocycles. The summed E-state index contributed by atoms with van der Waals surface area (Å²) in [7, 11) is 0. The van der Waals surface area contributed by atoms with E-state index in [2.05, 4.69) is 9.97 Å². The third-order valence-corrected chi connectivity index (χ3v) is 4.24. The van der Waals surface area contributed by atoms with E-state index in [1.54, 1.807) is 6.08 Å². The van der Waals surface area contributed by atoms with E-state index < -0.39 is 24.3 Å². The summed E-state index contributed by atoms with van der Waals surface area (Å²) in [5.41, 5.74) is 2.21. The molecule has 0 amide bonds. The number of aliphatic hydroxyl groups is 3. The average Bonchev–Trinajstić information content (AvgIpc) is 2.65. The first kappa shape index (κ1) is 21.0. The molecule has 0 aliphatic heterocycles. The standard InChI is InChI=1S/C20H26N2O5/c1-2-6-18(25)20-15(21-13-7-3-4-8-14(13)22-20)11-12-17(24)16(23)9-5-10-19(26)27/h3-4,7-8,11-12,16-18,23-25H,2,5-6,9-10H2,1H3,(H,26,27)/b12-11+/t16-,17+,18+/m0/s1. The van der Waals surface area contributed by atoms with E-state index in [-0.39, 0.29) is 19.3 Å². The predicted molar refractivity (Wildman–Crippen MR) is 102 cm³/mol. The number of carboxylic acids is 1. The van der Waals surface area contributed by atoms with Gasteiger partial charge in [0.1, 0.15) is 0 Å². The number of rotatable bonds is 10. The van der Waals surface area contributed by atoms with Crippen LogP contribution in [0.2, 0.25) is 0 Å². The Morgan fingerprint density at radius 1 is 1.11 bits per heavy atom. The van der Waals surface area contributed by atoms with Crippen molar-refractivity contribution in [2.45, 2.75) is 57.3 Å². The smallest absolute Gasteiger partial charge is 0.303 e. The van der Waals surface area contributed by atoms with Crippen LogP contribution in [0, 0.1) is 0 Å². The quantitative estimate of drug-likeness (QED) is 0.503. The molecular weight excluding hydrogens is 348 g/mol. The summed E-state index contributed by atoms with van der Waals surface area (Å²) in [6, 6.07) is 7.32.